The maximum absolute atomic E-state index is 13.8. The fourth-order valence-corrected chi connectivity index (χ4v) is 4.88. The van der Waals surface area contributed by atoms with Gasteiger partial charge in [-0.2, -0.15) is 0 Å². The standard InChI is InChI=1S/C23H27FN4O2/c1-16(29)28-13-19-12-27(14-21(19)23(28)18-4-3-5-20(24)10-18)22(30)15-26(2)11-17-6-8-25-9-7-17/h3-10,19,21,23H,11-15H2,1-2H3/t19-,21-,23-/m1/s1. The van der Waals surface area contributed by atoms with Crippen LogP contribution in [-0.2, 0) is 16.1 Å². The molecule has 2 aromatic rings. The minimum atomic E-state index is -0.303. The Bertz CT molecular complexity index is 922. The normalized spacial score (nSPS) is 23.1. The second-order valence-corrected chi connectivity index (χ2v) is 8.42. The van der Waals surface area contributed by atoms with Crippen LogP contribution in [0.4, 0.5) is 4.39 Å². The van der Waals surface area contributed by atoms with Crippen LogP contribution in [0.5, 0.6) is 0 Å². The van der Waals surface area contributed by atoms with Crippen molar-refractivity contribution in [2.75, 3.05) is 33.2 Å². The van der Waals surface area contributed by atoms with Crippen LogP contribution in [0, 0.1) is 17.7 Å². The summed E-state index contributed by atoms with van der Waals surface area (Å²) in [6, 6.07) is 10.2. The van der Waals surface area contributed by atoms with Gasteiger partial charge in [-0.15, -0.1) is 0 Å². The number of amides is 2. The molecule has 1 aromatic heterocycles. The highest BCUT2D eigenvalue weighted by Gasteiger charge is 2.49. The van der Waals surface area contributed by atoms with E-state index in [0.29, 0.717) is 32.7 Å². The lowest BCUT2D eigenvalue weighted by atomic mass is 9.89. The molecular formula is C23H27FN4O2. The molecule has 3 atom stereocenters. The van der Waals surface area contributed by atoms with Gasteiger partial charge in [0.2, 0.25) is 11.8 Å². The molecule has 4 rings (SSSR count). The maximum Gasteiger partial charge on any atom is 0.236 e. The van der Waals surface area contributed by atoms with Gasteiger partial charge in [0.05, 0.1) is 12.6 Å². The van der Waals surface area contributed by atoms with Gasteiger partial charge < -0.3 is 9.80 Å². The number of hydrogen-bond acceptors (Lipinski definition) is 4. The number of likely N-dealkylation sites (tertiary alicyclic amines) is 2. The van der Waals surface area contributed by atoms with E-state index >= 15 is 0 Å². The summed E-state index contributed by atoms with van der Waals surface area (Å²) in [7, 11) is 1.93. The minimum absolute atomic E-state index is 0.00591. The average molecular weight is 410 g/mol. The Morgan fingerprint density at radius 1 is 1.17 bits per heavy atom. The van der Waals surface area contributed by atoms with Crippen molar-refractivity contribution in [3.05, 3.63) is 65.7 Å². The fourth-order valence-electron chi connectivity index (χ4n) is 4.88. The van der Waals surface area contributed by atoms with Gasteiger partial charge >= 0.3 is 0 Å². The third kappa shape index (κ3) is 4.21. The Labute approximate surface area is 176 Å². The Hall–Kier alpha value is -2.80. The van der Waals surface area contributed by atoms with Crippen LogP contribution < -0.4 is 0 Å². The SMILES string of the molecule is CC(=O)N1C[C@H]2CN(C(=O)CN(C)Cc3ccncc3)C[C@H]2[C@H]1c1cccc(F)c1. The number of fused-ring (bicyclic) bond motifs is 1. The van der Waals surface area contributed by atoms with Crippen molar-refractivity contribution in [3.63, 3.8) is 0 Å². The maximum atomic E-state index is 13.8. The van der Waals surface area contributed by atoms with Crippen molar-refractivity contribution >= 4 is 11.8 Å². The number of halogens is 1. The predicted octanol–water partition coefficient (Wildman–Crippen LogP) is 2.33. The van der Waals surface area contributed by atoms with E-state index in [9.17, 15) is 14.0 Å². The molecule has 2 aliphatic heterocycles. The Morgan fingerprint density at radius 2 is 1.93 bits per heavy atom. The van der Waals surface area contributed by atoms with E-state index in [-0.39, 0.29) is 35.5 Å². The number of carbonyl (C=O) groups excluding carboxylic acids is 2. The fraction of sp³-hybridized carbons (Fsp3) is 0.435. The highest BCUT2D eigenvalue weighted by Crippen LogP contribution is 2.45. The van der Waals surface area contributed by atoms with Gasteiger partial charge in [0.25, 0.3) is 0 Å². The number of nitrogens with zero attached hydrogens (tertiary/aromatic N) is 4. The van der Waals surface area contributed by atoms with Crippen LogP contribution in [0.3, 0.4) is 0 Å². The quantitative estimate of drug-likeness (QED) is 0.759. The molecule has 2 saturated heterocycles. The molecule has 2 fully saturated rings. The van der Waals surface area contributed by atoms with Crippen molar-refractivity contribution < 1.29 is 14.0 Å². The summed E-state index contributed by atoms with van der Waals surface area (Å²) in [5, 5.41) is 0. The summed E-state index contributed by atoms with van der Waals surface area (Å²) < 4.78 is 13.8. The molecule has 0 unspecified atom stereocenters. The van der Waals surface area contributed by atoms with Gasteiger partial charge in [0.15, 0.2) is 0 Å². The van der Waals surface area contributed by atoms with Crippen molar-refractivity contribution in [2.24, 2.45) is 11.8 Å². The van der Waals surface area contributed by atoms with E-state index in [1.165, 1.54) is 12.1 Å². The zero-order valence-electron chi connectivity index (χ0n) is 17.4. The molecule has 0 spiro atoms. The topological polar surface area (TPSA) is 56.8 Å². The predicted molar refractivity (Wildman–Crippen MR) is 111 cm³/mol. The molecule has 0 N–H and O–H groups in total. The largest absolute Gasteiger partial charge is 0.341 e. The first-order valence-electron chi connectivity index (χ1n) is 10.3. The Balaban J connectivity index is 1.43. The van der Waals surface area contributed by atoms with E-state index in [1.807, 2.05) is 39.9 Å². The van der Waals surface area contributed by atoms with E-state index in [1.54, 1.807) is 25.4 Å². The highest BCUT2D eigenvalue weighted by atomic mass is 19.1. The summed E-state index contributed by atoms with van der Waals surface area (Å²) in [5.41, 5.74) is 1.92. The number of pyridine rings is 1. The van der Waals surface area contributed by atoms with Gasteiger partial charge in [-0.25, -0.2) is 4.39 Å². The number of rotatable bonds is 5. The number of likely N-dealkylation sites (N-methyl/N-ethyl adjacent to an activating group) is 1. The summed E-state index contributed by atoms with van der Waals surface area (Å²) in [6.45, 7) is 4.42. The molecule has 2 amide bonds. The molecule has 158 valence electrons. The number of carbonyl (C=O) groups is 2. The smallest absolute Gasteiger partial charge is 0.236 e. The molecular weight excluding hydrogens is 383 g/mol. The molecule has 6 nitrogen and oxygen atoms in total. The second-order valence-electron chi connectivity index (χ2n) is 8.42. The van der Waals surface area contributed by atoms with Crippen LogP contribution in [0.2, 0.25) is 0 Å². The average Bonchev–Trinajstić information content (AvgIpc) is 3.26. The first kappa shape index (κ1) is 20.5. The summed E-state index contributed by atoms with van der Waals surface area (Å²) in [4.78, 5) is 34.9. The molecule has 0 aliphatic carbocycles. The molecule has 7 heteroatoms. The zero-order valence-corrected chi connectivity index (χ0v) is 17.4. The van der Waals surface area contributed by atoms with Gasteiger partial charge in [0, 0.05) is 57.3 Å². The lowest BCUT2D eigenvalue weighted by molar-refractivity contribution is -0.132. The molecule has 1 aromatic carbocycles. The summed E-state index contributed by atoms with van der Waals surface area (Å²) in [5.74, 6) is 0.131. The third-order valence-electron chi connectivity index (χ3n) is 6.22. The van der Waals surface area contributed by atoms with Gasteiger partial charge in [-0.05, 0) is 42.4 Å². The third-order valence-corrected chi connectivity index (χ3v) is 6.22. The summed E-state index contributed by atoms with van der Waals surface area (Å²) in [6.07, 6.45) is 3.50. The van der Waals surface area contributed by atoms with Crippen molar-refractivity contribution in [1.82, 2.24) is 19.7 Å². The minimum Gasteiger partial charge on any atom is -0.341 e. The van der Waals surface area contributed by atoms with E-state index in [4.69, 9.17) is 0 Å². The highest BCUT2D eigenvalue weighted by molar-refractivity contribution is 5.79. The zero-order chi connectivity index (χ0) is 21.3. The van der Waals surface area contributed by atoms with E-state index < -0.39 is 0 Å². The van der Waals surface area contributed by atoms with E-state index in [0.717, 1.165) is 11.1 Å². The Kier molecular flexibility index (Phi) is 5.81. The van der Waals surface area contributed by atoms with Gasteiger partial charge in [-0.3, -0.25) is 19.5 Å². The van der Waals surface area contributed by atoms with Crippen LogP contribution in [0.15, 0.2) is 48.8 Å². The van der Waals surface area contributed by atoms with Crippen LogP contribution in [0.25, 0.3) is 0 Å². The monoisotopic (exact) mass is 410 g/mol. The number of benzene rings is 1. The molecule has 0 saturated carbocycles. The van der Waals surface area contributed by atoms with Crippen molar-refractivity contribution in [2.45, 2.75) is 19.5 Å². The molecule has 0 radical (unpaired) electrons. The van der Waals surface area contributed by atoms with Gasteiger partial charge in [0.1, 0.15) is 5.82 Å². The molecule has 0 bridgehead atoms. The molecule has 3 heterocycles. The first-order valence-corrected chi connectivity index (χ1v) is 10.3. The molecule has 30 heavy (non-hydrogen) atoms. The lowest BCUT2D eigenvalue weighted by Gasteiger charge is -2.29. The Morgan fingerprint density at radius 3 is 2.63 bits per heavy atom. The lowest BCUT2D eigenvalue weighted by Crippen LogP contribution is -2.40. The van der Waals surface area contributed by atoms with Crippen molar-refractivity contribution in [3.8, 4) is 0 Å². The molecule has 2 aliphatic rings. The second kappa shape index (κ2) is 8.52. The van der Waals surface area contributed by atoms with E-state index in [2.05, 4.69) is 4.98 Å². The first-order chi connectivity index (χ1) is 14.4. The summed E-state index contributed by atoms with van der Waals surface area (Å²) >= 11 is 0. The van der Waals surface area contributed by atoms with Crippen LogP contribution >= 0.6 is 0 Å². The van der Waals surface area contributed by atoms with Crippen LogP contribution in [0.1, 0.15) is 24.1 Å². The number of aromatic nitrogens is 1. The number of hydrogen-bond donors (Lipinski definition) is 0. The van der Waals surface area contributed by atoms with Gasteiger partial charge in [-0.1, -0.05) is 12.1 Å². The van der Waals surface area contributed by atoms with Crippen LogP contribution in [-0.4, -0.2) is 64.7 Å². The van der Waals surface area contributed by atoms with Crippen molar-refractivity contribution in [1.29, 1.82) is 0 Å².